The van der Waals surface area contributed by atoms with E-state index >= 15 is 0 Å². The van der Waals surface area contributed by atoms with Crippen molar-refractivity contribution in [3.63, 3.8) is 0 Å². The van der Waals surface area contributed by atoms with Gasteiger partial charge < -0.3 is 9.52 Å². The summed E-state index contributed by atoms with van der Waals surface area (Å²) in [7, 11) is 0. The van der Waals surface area contributed by atoms with Crippen LogP contribution in [0.1, 0.15) is 43.9 Å². The van der Waals surface area contributed by atoms with Crippen molar-refractivity contribution >= 4 is 11.1 Å². The van der Waals surface area contributed by atoms with Crippen LogP contribution >= 0.6 is 0 Å². The molecule has 1 aromatic heterocycles. The number of nitrogens with zero attached hydrogens (tertiary/aromatic N) is 1. The molecule has 1 aromatic carbocycles. The van der Waals surface area contributed by atoms with Gasteiger partial charge in [-0.3, -0.25) is 0 Å². The molecule has 0 aliphatic heterocycles. The minimum atomic E-state index is 0.246. The quantitative estimate of drug-likeness (QED) is 0.794. The average molecular weight is 217 g/mol. The summed E-state index contributed by atoms with van der Waals surface area (Å²) < 4.78 is 5.74. The number of rotatable bonds is 1. The summed E-state index contributed by atoms with van der Waals surface area (Å²) in [6, 6.07) is 5.08. The summed E-state index contributed by atoms with van der Waals surface area (Å²) in [5.74, 6) is 1.57. The summed E-state index contributed by atoms with van der Waals surface area (Å²) in [4.78, 5) is 4.47. The second-order valence-electron chi connectivity index (χ2n) is 4.54. The second kappa shape index (κ2) is 3.81. The number of phenolic OH excluding ortho intramolecular Hbond substituents is 1. The van der Waals surface area contributed by atoms with Gasteiger partial charge in [0.25, 0.3) is 0 Å². The summed E-state index contributed by atoms with van der Waals surface area (Å²) in [5, 5.41) is 9.37. The molecule has 0 spiro atoms. The maximum Gasteiger partial charge on any atom is 0.198 e. The molecular weight excluding hydrogens is 202 g/mol. The molecule has 0 saturated heterocycles. The van der Waals surface area contributed by atoms with Crippen LogP contribution in [0.2, 0.25) is 0 Å². The molecule has 1 saturated carbocycles. The summed E-state index contributed by atoms with van der Waals surface area (Å²) >= 11 is 0. The van der Waals surface area contributed by atoms with E-state index in [4.69, 9.17) is 4.42 Å². The van der Waals surface area contributed by atoms with Crippen LogP contribution in [-0.4, -0.2) is 10.1 Å². The first kappa shape index (κ1) is 9.70. The van der Waals surface area contributed by atoms with Crippen molar-refractivity contribution in [2.24, 2.45) is 0 Å². The molecule has 0 amide bonds. The van der Waals surface area contributed by atoms with Crippen molar-refractivity contribution in [3.05, 3.63) is 24.1 Å². The highest BCUT2D eigenvalue weighted by molar-refractivity contribution is 5.74. The predicted octanol–water partition coefficient (Wildman–Crippen LogP) is 3.58. The van der Waals surface area contributed by atoms with Gasteiger partial charge in [-0.1, -0.05) is 19.3 Å². The Labute approximate surface area is 94.1 Å². The lowest BCUT2D eigenvalue weighted by Crippen LogP contribution is -2.04. The molecule has 0 radical (unpaired) electrons. The van der Waals surface area contributed by atoms with Gasteiger partial charge in [-0.05, 0) is 25.0 Å². The van der Waals surface area contributed by atoms with Crippen molar-refractivity contribution in [3.8, 4) is 5.75 Å². The zero-order chi connectivity index (χ0) is 11.0. The molecule has 2 aromatic rings. The fourth-order valence-corrected chi connectivity index (χ4v) is 2.46. The van der Waals surface area contributed by atoms with Crippen LogP contribution in [0.3, 0.4) is 0 Å². The van der Waals surface area contributed by atoms with E-state index in [2.05, 4.69) is 4.98 Å². The molecule has 3 heteroatoms. The lowest BCUT2D eigenvalue weighted by atomic mass is 9.89. The highest BCUT2D eigenvalue weighted by Gasteiger charge is 2.20. The molecule has 1 aliphatic rings. The van der Waals surface area contributed by atoms with E-state index in [1.807, 2.05) is 0 Å². The Kier molecular flexibility index (Phi) is 2.31. The number of aromatic hydroxyl groups is 1. The van der Waals surface area contributed by atoms with E-state index in [1.165, 1.54) is 32.1 Å². The van der Waals surface area contributed by atoms with E-state index in [0.717, 1.165) is 17.0 Å². The van der Waals surface area contributed by atoms with Crippen LogP contribution in [-0.2, 0) is 0 Å². The molecular formula is C13H15NO2. The zero-order valence-electron chi connectivity index (χ0n) is 9.15. The number of oxazole rings is 1. The maximum absolute atomic E-state index is 9.37. The number of phenols is 1. The van der Waals surface area contributed by atoms with Gasteiger partial charge in [-0.2, -0.15) is 0 Å². The number of hydrogen-bond donors (Lipinski definition) is 1. The van der Waals surface area contributed by atoms with Crippen molar-refractivity contribution in [1.29, 1.82) is 0 Å². The van der Waals surface area contributed by atoms with E-state index in [0.29, 0.717) is 5.92 Å². The van der Waals surface area contributed by atoms with E-state index in [1.54, 1.807) is 18.2 Å². The molecule has 0 atom stereocenters. The van der Waals surface area contributed by atoms with Crippen molar-refractivity contribution in [2.75, 3.05) is 0 Å². The fraction of sp³-hybridized carbons (Fsp3) is 0.462. The molecule has 1 aliphatic carbocycles. The third kappa shape index (κ3) is 1.66. The summed E-state index contributed by atoms with van der Waals surface area (Å²) in [5.41, 5.74) is 1.54. The Morgan fingerprint density at radius 1 is 1.19 bits per heavy atom. The Bertz CT molecular complexity index is 498. The van der Waals surface area contributed by atoms with Gasteiger partial charge in [0.15, 0.2) is 11.5 Å². The summed E-state index contributed by atoms with van der Waals surface area (Å²) in [6.45, 7) is 0. The molecule has 1 N–H and O–H groups in total. The third-order valence-electron chi connectivity index (χ3n) is 3.34. The normalized spacial score (nSPS) is 18.0. The Morgan fingerprint density at radius 3 is 2.81 bits per heavy atom. The SMILES string of the molecule is Oc1ccc2oc(C3CCCCC3)nc2c1. The van der Waals surface area contributed by atoms with Gasteiger partial charge in [0.2, 0.25) is 0 Å². The summed E-state index contributed by atoms with van der Waals surface area (Å²) in [6.07, 6.45) is 6.23. The van der Waals surface area contributed by atoms with Crippen LogP contribution < -0.4 is 0 Å². The molecule has 84 valence electrons. The fourth-order valence-electron chi connectivity index (χ4n) is 2.46. The largest absolute Gasteiger partial charge is 0.508 e. The van der Waals surface area contributed by atoms with Crippen LogP contribution in [0.5, 0.6) is 5.75 Å². The Balaban J connectivity index is 1.97. The van der Waals surface area contributed by atoms with Gasteiger partial charge in [-0.15, -0.1) is 0 Å². The Morgan fingerprint density at radius 2 is 2.00 bits per heavy atom. The minimum absolute atomic E-state index is 0.246. The number of aromatic nitrogens is 1. The molecule has 16 heavy (non-hydrogen) atoms. The van der Waals surface area contributed by atoms with E-state index < -0.39 is 0 Å². The Hall–Kier alpha value is -1.51. The zero-order valence-corrected chi connectivity index (χ0v) is 9.15. The number of fused-ring (bicyclic) bond motifs is 1. The molecule has 3 nitrogen and oxygen atoms in total. The lowest BCUT2D eigenvalue weighted by Gasteiger charge is -2.17. The van der Waals surface area contributed by atoms with Crippen molar-refractivity contribution in [2.45, 2.75) is 38.0 Å². The van der Waals surface area contributed by atoms with Gasteiger partial charge in [-0.25, -0.2) is 4.98 Å². The maximum atomic E-state index is 9.37. The van der Waals surface area contributed by atoms with Crippen LogP contribution in [0.4, 0.5) is 0 Å². The van der Waals surface area contributed by atoms with Crippen molar-refractivity contribution in [1.82, 2.24) is 4.98 Å². The lowest BCUT2D eigenvalue weighted by molar-refractivity contribution is 0.373. The smallest absolute Gasteiger partial charge is 0.198 e. The van der Waals surface area contributed by atoms with E-state index in [-0.39, 0.29) is 5.75 Å². The molecule has 3 rings (SSSR count). The number of hydrogen-bond acceptors (Lipinski definition) is 3. The van der Waals surface area contributed by atoms with Crippen LogP contribution in [0.15, 0.2) is 22.6 Å². The minimum Gasteiger partial charge on any atom is -0.508 e. The van der Waals surface area contributed by atoms with Crippen LogP contribution in [0, 0.1) is 0 Å². The van der Waals surface area contributed by atoms with Gasteiger partial charge in [0.05, 0.1) is 0 Å². The second-order valence-corrected chi connectivity index (χ2v) is 4.54. The average Bonchev–Trinajstić information content (AvgIpc) is 2.73. The first-order valence-electron chi connectivity index (χ1n) is 5.92. The molecule has 0 bridgehead atoms. The van der Waals surface area contributed by atoms with Gasteiger partial charge in [0.1, 0.15) is 11.3 Å². The number of benzene rings is 1. The van der Waals surface area contributed by atoms with Crippen molar-refractivity contribution < 1.29 is 9.52 Å². The molecule has 1 fully saturated rings. The van der Waals surface area contributed by atoms with Crippen LogP contribution in [0.25, 0.3) is 11.1 Å². The van der Waals surface area contributed by atoms with Gasteiger partial charge >= 0.3 is 0 Å². The topological polar surface area (TPSA) is 46.3 Å². The predicted molar refractivity (Wildman–Crippen MR) is 61.5 cm³/mol. The van der Waals surface area contributed by atoms with Gasteiger partial charge in [0, 0.05) is 12.0 Å². The highest BCUT2D eigenvalue weighted by Crippen LogP contribution is 2.34. The third-order valence-corrected chi connectivity index (χ3v) is 3.34. The first-order chi connectivity index (χ1) is 7.83. The molecule has 1 heterocycles. The van der Waals surface area contributed by atoms with E-state index in [9.17, 15) is 5.11 Å². The standard InChI is InChI=1S/C13H15NO2/c15-10-6-7-12-11(8-10)14-13(16-12)9-4-2-1-3-5-9/h6-9,15H,1-5H2. The first-order valence-corrected chi connectivity index (χ1v) is 5.92. The monoisotopic (exact) mass is 217 g/mol. The molecule has 0 unspecified atom stereocenters. The highest BCUT2D eigenvalue weighted by atomic mass is 16.3.